The molecule has 0 amide bonds. The van der Waals surface area contributed by atoms with E-state index < -0.39 is 9.84 Å². The number of nitrogens with zero attached hydrogens (tertiary/aromatic N) is 4. The van der Waals surface area contributed by atoms with E-state index in [0.29, 0.717) is 18.7 Å². The minimum Gasteiger partial charge on any atom is -0.373 e. The fourth-order valence-corrected chi connectivity index (χ4v) is 4.33. The van der Waals surface area contributed by atoms with Gasteiger partial charge in [-0.15, -0.1) is 0 Å². The lowest BCUT2D eigenvalue weighted by Gasteiger charge is -2.23. The van der Waals surface area contributed by atoms with Crippen LogP contribution in [-0.4, -0.2) is 40.5 Å². The number of ether oxygens (including phenoxy) is 1. The van der Waals surface area contributed by atoms with Gasteiger partial charge >= 0.3 is 0 Å². The molecule has 2 atom stereocenters. The van der Waals surface area contributed by atoms with Crippen LogP contribution in [0.4, 0.5) is 0 Å². The van der Waals surface area contributed by atoms with Gasteiger partial charge in [0.05, 0.1) is 24.2 Å². The molecule has 0 aliphatic rings. The molecule has 0 saturated heterocycles. The van der Waals surface area contributed by atoms with Crippen LogP contribution >= 0.6 is 0 Å². The van der Waals surface area contributed by atoms with Crippen molar-refractivity contribution >= 4 is 9.84 Å². The van der Waals surface area contributed by atoms with Crippen LogP contribution in [0, 0.1) is 5.92 Å². The molecule has 3 aromatic rings. The quantitative estimate of drug-likeness (QED) is 0.505. The van der Waals surface area contributed by atoms with Gasteiger partial charge in [-0.25, -0.2) is 8.42 Å². The lowest BCUT2D eigenvalue weighted by Crippen LogP contribution is -2.26. The first-order chi connectivity index (χ1) is 14.0. The van der Waals surface area contributed by atoms with E-state index in [2.05, 4.69) is 29.4 Å². The summed E-state index contributed by atoms with van der Waals surface area (Å²) in [4.78, 5) is 0. The summed E-state index contributed by atoms with van der Waals surface area (Å²) in [5, 5.41) is 11.1. The predicted octanol–water partition coefficient (Wildman–Crippen LogP) is 3.46. The van der Waals surface area contributed by atoms with E-state index in [1.165, 1.54) is 4.68 Å². The average molecular weight is 415 g/mol. The van der Waals surface area contributed by atoms with E-state index in [0.717, 1.165) is 12.0 Å². The van der Waals surface area contributed by atoms with Crippen molar-refractivity contribution in [3.8, 4) is 5.69 Å². The van der Waals surface area contributed by atoms with Crippen molar-refractivity contribution in [2.45, 2.75) is 44.6 Å². The molecule has 0 spiro atoms. The Balaban J connectivity index is 1.71. The second-order valence-corrected chi connectivity index (χ2v) is 9.04. The lowest BCUT2D eigenvalue weighted by molar-refractivity contribution is 0.00296. The number of aromatic nitrogens is 4. The van der Waals surface area contributed by atoms with E-state index in [1.54, 1.807) is 12.1 Å². The van der Waals surface area contributed by atoms with Crippen molar-refractivity contribution in [2.75, 3.05) is 5.75 Å². The highest BCUT2D eigenvalue weighted by Gasteiger charge is 2.27. The highest BCUT2D eigenvalue weighted by atomic mass is 32.2. The first-order valence-electron chi connectivity index (χ1n) is 9.73. The topological polar surface area (TPSA) is 87.0 Å². The van der Waals surface area contributed by atoms with Crippen LogP contribution < -0.4 is 0 Å². The second kappa shape index (κ2) is 9.76. The molecule has 2 aromatic carbocycles. The molecule has 0 fully saturated rings. The number of para-hydroxylation sites is 1. The van der Waals surface area contributed by atoms with Crippen molar-refractivity contribution < 1.29 is 13.2 Å². The molecule has 1 aromatic heterocycles. The molecular weight excluding hydrogens is 388 g/mol. The molecule has 0 radical (unpaired) electrons. The van der Waals surface area contributed by atoms with Gasteiger partial charge in [-0.3, -0.25) is 0 Å². The fourth-order valence-electron chi connectivity index (χ4n) is 3.04. The zero-order valence-corrected chi connectivity index (χ0v) is 17.5. The number of tetrazole rings is 1. The summed E-state index contributed by atoms with van der Waals surface area (Å²) in [5.41, 5.74) is 1.67. The Labute approximate surface area is 171 Å². The Bertz CT molecular complexity index is 991. The van der Waals surface area contributed by atoms with Gasteiger partial charge in [0.1, 0.15) is 0 Å². The summed E-state index contributed by atoms with van der Waals surface area (Å²) in [6.07, 6.45) is 1.11. The summed E-state index contributed by atoms with van der Waals surface area (Å²) in [5.74, 6) is 0.156. The molecule has 29 heavy (non-hydrogen) atoms. The van der Waals surface area contributed by atoms with E-state index >= 15 is 0 Å². The summed E-state index contributed by atoms with van der Waals surface area (Å²) < 4.78 is 33.3. The molecular formula is C21H26N4O3S. The Morgan fingerprint density at radius 1 is 1.03 bits per heavy atom. The molecule has 0 saturated carbocycles. The molecule has 0 N–H and O–H groups in total. The van der Waals surface area contributed by atoms with Crippen LogP contribution in [0.15, 0.2) is 65.8 Å². The summed E-state index contributed by atoms with van der Waals surface area (Å²) in [6, 6.07) is 18.9. The van der Waals surface area contributed by atoms with Crippen LogP contribution in [0.25, 0.3) is 5.69 Å². The van der Waals surface area contributed by atoms with Gasteiger partial charge in [-0.1, -0.05) is 73.9 Å². The Morgan fingerprint density at radius 3 is 2.34 bits per heavy atom. The molecule has 0 unspecified atom stereocenters. The molecule has 0 aliphatic heterocycles. The second-order valence-electron chi connectivity index (χ2n) is 7.04. The van der Waals surface area contributed by atoms with Gasteiger partial charge in [0.15, 0.2) is 0 Å². The standard InChI is InChI=1S/C21H26N4O3S/c1-3-17(2)20(28-16-18-10-6-4-7-11-18)14-15-29(26,27)21-22-23-24-25(21)19-12-8-5-9-13-19/h4-13,17,20H,3,14-16H2,1-2H3/t17-,20-/m0/s1. The van der Waals surface area contributed by atoms with Gasteiger partial charge in [0.2, 0.25) is 9.84 Å². The molecule has 154 valence electrons. The highest BCUT2D eigenvalue weighted by Crippen LogP contribution is 2.20. The van der Waals surface area contributed by atoms with Crippen molar-refractivity contribution in [3.63, 3.8) is 0 Å². The Hall–Kier alpha value is -2.58. The maximum absolute atomic E-state index is 13.0. The first-order valence-corrected chi connectivity index (χ1v) is 11.4. The summed E-state index contributed by atoms with van der Waals surface area (Å²) in [6.45, 7) is 4.61. The summed E-state index contributed by atoms with van der Waals surface area (Å²) >= 11 is 0. The van der Waals surface area contributed by atoms with E-state index in [4.69, 9.17) is 4.74 Å². The van der Waals surface area contributed by atoms with Crippen molar-refractivity contribution in [2.24, 2.45) is 5.92 Å². The van der Waals surface area contributed by atoms with Gasteiger partial charge < -0.3 is 4.74 Å². The number of rotatable bonds is 10. The number of hydrogen-bond donors (Lipinski definition) is 0. The van der Waals surface area contributed by atoms with Crippen LogP contribution in [-0.2, 0) is 21.2 Å². The van der Waals surface area contributed by atoms with Crippen molar-refractivity contribution in [1.29, 1.82) is 0 Å². The Kier molecular flexibility index (Phi) is 7.11. The minimum atomic E-state index is -3.67. The van der Waals surface area contributed by atoms with Crippen LogP contribution in [0.3, 0.4) is 0 Å². The Morgan fingerprint density at radius 2 is 1.69 bits per heavy atom. The maximum atomic E-state index is 13.0. The van der Waals surface area contributed by atoms with Gasteiger partial charge in [0.25, 0.3) is 5.16 Å². The fraction of sp³-hybridized carbons (Fsp3) is 0.381. The molecule has 1 heterocycles. The monoisotopic (exact) mass is 414 g/mol. The zero-order chi connectivity index (χ0) is 20.7. The third-order valence-electron chi connectivity index (χ3n) is 4.98. The smallest absolute Gasteiger partial charge is 0.272 e. The number of sulfone groups is 1. The first kappa shape index (κ1) is 21.1. The van der Waals surface area contributed by atoms with Crippen molar-refractivity contribution in [1.82, 2.24) is 20.2 Å². The predicted molar refractivity (Wildman–Crippen MR) is 110 cm³/mol. The normalized spacial score (nSPS) is 13.9. The zero-order valence-electron chi connectivity index (χ0n) is 16.7. The largest absolute Gasteiger partial charge is 0.373 e. The summed E-state index contributed by atoms with van der Waals surface area (Å²) in [7, 11) is -3.67. The van der Waals surface area contributed by atoms with E-state index in [1.807, 2.05) is 48.5 Å². The van der Waals surface area contributed by atoms with E-state index in [-0.39, 0.29) is 22.9 Å². The average Bonchev–Trinajstić information content (AvgIpc) is 3.26. The van der Waals surface area contributed by atoms with Crippen LogP contribution in [0.2, 0.25) is 0 Å². The third kappa shape index (κ3) is 5.48. The van der Waals surface area contributed by atoms with Crippen LogP contribution in [0.1, 0.15) is 32.3 Å². The molecule has 0 bridgehead atoms. The third-order valence-corrected chi connectivity index (χ3v) is 6.56. The molecule has 0 aliphatic carbocycles. The van der Waals surface area contributed by atoms with Gasteiger partial charge in [-0.05, 0) is 40.5 Å². The van der Waals surface area contributed by atoms with E-state index in [9.17, 15) is 8.42 Å². The molecule has 8 heteroatoms. The molecule has 3 rings (SSSR count). The highest BCUT2D eigenvalue weighted by molar-refractivity contribution is 7.91. The lowest BCUT2D eigenvalue weighted by atomic mass is 10.00. The SMILES string of the molecule is CC[C@H](C)[C@H](CCS(=O)(=O)c1nnnn1-c1ccccc1)OCc1ccccc1. The van der Waals surface area contributed by atoms with Crippen molar-refractivity contribution in [3.05, 3.63) is 66.2 Å². The molecule has 7 nitrogen and oxygen atoms in total. The number of hydrogen-bond acceptors (Lipinski definition) is 6. The maximum Gasteiger partial charge on any atom is 0.272 e. The minimum absolute atomic E-state index is 0.0794. The van der Waals surface area contributed by atoms with Crippen LogP contribution in [0.5, 0.6) is 0 Å². The van der Waals surface area contributed by atoms with Gasteiger partial charge in [0, 0.05) is 0 Å². The number of benzene rings is 2. The van der Waals surface area contributed by atoms with Gasteiger partial charge in [-0.2, -0.15) is 4.68 Å².